The highest BCUT2D eigenvalue weighted by Crippen LogP contribution is 2.26. The highest BCUT2D eigenvalue weighted by molar-refractivity contribution is 6.00. The molecule has 0 saturated carbocycles. The summed E-state index contributed by atoms with van der Waals surface area (Å²) in [5.74, 6) is -1.02. The molecule has 0 aliphatic rings. The summed E-state index contributed by atoms with van der Waals surface area (Å²) in [5.41, 5.74) is 12.3. The first-order valence-electron chi connectivity index (χ1n) is 6.69. The number of carbonyl (C=O) groups excluding carboxylic acids is 1. The molecule has 22 heavy (non-hydrogen) atoms. The Morgan fingerprint density at radius 2 is 2.14 bits per heavy atom. The summed E-state index contributed by atoms with van der Waals surface area (Å²) in [6.45, 7) is 2.74. The van der Waals surface area contributed by atoms with Crippen LogP contribution in [-0.2, 0) is 0 Å². The van der Waals surface area contributed by atoms with Gasteiger partial charge in [0.25, 0.3) is 5.91 Å². The van der Waals surface area contributed by atoms with Crippen LogP contribution in [0.5, 0.6) is 5.88 Å². The normalized spacial score (nSPS) is 10.3. The van der Waals surface area contributed by atoms with Crippen molar-refractivity contribution in [2.45, 2.75) is 6.92 Å². The molecule has 0 bridgehead atoms. The first-order valence-corrected chi connectivity index (χ1v) is 6.69. The summed E-state index contributed by atoms with van der Waals surface area (Å²) in [6, 6.07) is 7.48. The van der Waals surface area contributed by atoms with Gasteiger partial charge in [0.05, 0.1) is 0 Å². The number of benzene rings is 1. The molecule has 116 valence electrons. The van der Waals surface area contributed by atoms with Crippen molar-refractivity contribution in [3.63, 3.8) is 0 Å². The zero-order chi connectivity index (χ0) is 16.1. The van der Waals surface area contributed by atoms with Crippen molar-refractivity contribution in [2.24, 2.45) is 11.5 Å². The summed E-state index contributed by atoms with van der Waals surface area (Å²) >= 11 is 0. The number of aromatic nitrogens is 2. The lowest BCUT2D eigenvalue weighted by Crippen LogP contribution is -2.19. The predicted octanol–water partition coefficient (Wildman–Crippen LogP) is 0.704. The topological polar surface area (TPSA) is 139 Å². The van der Waals surface area contributed by atoms with Gasteiger partial charge in [-0.2, -0.15) is 9.97 Å². The Bertz CT molecular complexity index is 689. The molecule has 8 nitrogen and oxygen atoms in total. The fraction of sp³-hybridized carbons (Fsp3) is 0.214. The van der Waals surface area contributed by atoms with Gasteiger partial charge >= 0.3 is 0 Å². The third-order valence-corrected chi connectivity index (χ3v) is 2.84. The van der Waals surface area contributed by atoms with Crippen LogP contribution in [0.1, 0.15) is 15.9 Å². The summed E-state index contributed by atoms with van der Waals surface area (Å²) in [6.07, 6.45) is 0. The molecule has 2 rings (SSSR count). The average molecular weight is 302 g/mol. The van der Waals surface area contributed by atoms with Gasteiger partial charge in [0.15, 0.2) is 5.82 Å². The van der Waals surface area contributed by atoms with E-state index in [-0.39, 0.29) is 17.3 Å². The molecule has 1 aromatic carbocycles. The Hall–Kier alpha value is -2.87. The van der Waals surface area contributed by atoms with Gasteiger partial charge < -0.3 is 27.2 Å². The number of hydrogen-bond donors (Lipinski definition) is 5. The van der Waals surface area contributed by atoms with Gasteiger partial charge in [-0.05, 0) is 24.6 Å². The van der Waals surface area contributed by atoms with Crippen LogP contribution in [0.15, 0.2) is 24.3 Å². The highest BCUT2D eigenvalue weighted by Gasteiger charge is 2.19. The van der Waals surface area contributed by atoms with Crippen LogP contribution in [0, 0.1) is 6.92 Å². The number of carbonyl (C=O) groups is 1. The van der Waals surface area contributed by atoms with E-state index in [1.807, 2.05) is 31.2 Å². The molecule has 0 radical (unpaired) electrons. The zero-order valence-corrected chi connectivity index (χ0v) is 12.1. The quantitative estimate of drug-likeness (QED) is 0.529. The second-order valence-electron chi connectivity index (χ2n) is 4.67. The van der Waals surface area contributed by atoms with Crippen LogP contribution >= 0.6 is 0 Å². The smallest absolute Gasteiger partial charge is 0.258 e. The Kier molecular flexibility index (Phi) is 4.74. The number of amides is 1. The molecule has 7 N–H and O–H groups in total. The lowest BCUT2D eigenvalue weighted by atomic mass is 10.2. The number of nitrogens with one attached hydrogen (secondary N) is 2. The second kappa shape index (κ2) is 6.72. The van der Waals surface area contributed by atoms with Gasteiger partial charge in [-0.1, -0.05) is 12.1 Å². The van der Waals surface area contributed by atoms with Crippen molar-refractivity contribution in [3.8, 4) is 5.88 Å². The minimum absolute atomic E-state index is 0.130. The van der Waals surface area contributed by atoms with Gasteiger partial charge in [0, 0.05) is 18.8 Å². The summed E-state index contributed by atoms with van der Waals surface area (Å²) in [5, 5.41) is 15.7. The molecule has 1 heterocycles. The Morgan fingerprint density at radius 1 is 1.36 bits per heavy atom. The lowest BCUT2D eigenvalue weighted by Gasteiger charge is -2.12. The molecular weight excluding hydrogens is 284 g/mol. The molecule has 0 fully saturated rings. The van der Waals surface area contributed by atoms with E-state index < -0.39 is 11.8 Å². The van der Waals surface area contributed by atoms with Crippen molar-refractivity contribution >= 4 is 23.4 Å². The second-order valence-corrected chi connectivity index (χ2v) is 4.67. The minimum atomic E-state index is -0.821. The fourth-order valence-corrected chi connectivity index (χ4v) is 1.89. The van der Waals surface area contributed by atoms with E-state index in [0.29, 0.717) is 18.8 Å². The van der Waals surface area contributed by atoms with E-state index in [2.05, 4.69) is 20.6 Å². The summed E-state index contributed by atoms with van der Waals surface area (Å²) in [4.78, 5) is 19.5. The van der Waals surface area contributed by atoms with Gasteiger partial charge in [-0.3, -0.25) is 4.79 Å². The molecule has 0 saturated heterocycles. The number of primary amides is 1. The number of aromatic hydroxyl groups is 1. The third kappa shape index (κ3) is 3.61. The molecule has 8 heteroatoms. The number of nitrogens with zero attached hydrogens (tertiary/aromatic N) is 2. The number of nitrogens with two attached hydrogens (primary N) is 2. The fourth-order valence-electron chi connectivity index (χ4n) is 1.89. The first kappa shape index (κ1) is 15.5. The van der Waals surface area contributed by atoms with Crippen molar-refractivity contribution in [1.29, 1.82) is 0 Å². The minimum Gasteiger partial charge on any atom is -0.493 e. The molecule has 0 unspecified atom stereocenters. The van der Waals surface area contributed by atoms with Gasteiger partial charge in [0.1, 0.15) is 5.56 Å². The zero-order valence-electron chi connectivity index (χ0n) is 12.1. The van der Waals surface area contributed by atoms with Crippen LogP contribution in [0.4, 0.5) is 17.5 Å². The van der Waals surface area contributed by atoms with Crippen molar-refractivity contribution in [3.05, 3.63) is 35.4 Å². The molecule has 0 aliphatic heterocycles. The number of hydrogen-bond acceptors (Lipinski definition) is 7. The van der Waals surface area contributed by atoms with Gasteiger partial charge in [0.2, 0.25) is 11.8 Å². The van der Waals surface area contributed by atoms with Gasteiger partial charge in [-0.15, -0.1) is 0 Å². The van der Waals surface area contributed by atoms with E-state index in [0.717, 1.165) is 5.56 Å². The molecule has 0 aliphatic carbocycles. The van der Waals surface area contributed by atoms with Crippen molar-refractivity contribution in [2.75, 3.05) is 23.7 Å². The van der Waals surface area contributed by atoms with E-state index in [1.165, 1.54) is 0 Å². The SMILES string of the molecule is Cc1cccc(Nc2nc(NCCN)nc(O)c2C(N)=O)c1. The van der Waals surface area contributed by atoms with Gasteiger partial charge in [-0.25, -0.2) is 0 Å². The maximum atomic E-state index is 11.5. The van der Waals surface area contributed by atoms with E-state index in [4.69, 9.17) is 11.5 Å². The van der Waals surface area contributed by atoms with Crippen LogP contribution in [0.3, 0.4) is 0 Å². The highest BCUT2D eigenvalue weighted by atomic mass is 16.3. The van der Waals surface area contributed by atoms with Crippen molar-refractivity contribution < 1.29 is 9.90 Å². The average Bonchev–Trinajstić information content (AvgIpc) is 2.44. The maximum Gasteiger partial charge on any atom is 0.258 e. The van der Waals surface area contributed by atoms with E-state index in [1.54, 1.807) is 0 Å². The molecule has 0 spiro atoms. The Morgan fingerprint density at radius 3 is 2.77 bits per heavy atom. The number of aryl methyl sites for hydroxylation is 1. The Labute approximate surface area is 127 Å². The monoisotopic (exact) mass is 302 g/mol. The largest absolute Gasteiger partial charge is 0.493 e. The number of rotatable bonds is 6. The third-order valence-electron chi connectivity index (χ3n) is 2.84. The molecular formula is C14H18N6O2. The predicted molar refractivity (Wildman–Crippen MR) is 84.2 cm³/mol. The molecule has 0 atom stereocenters. The van der Waals surface area contributed by atoms with E-state index in [9.17, 15) is 9.90 Å². The van der Waals surface area contributed by atoms with Crippen LogP contribution < -0.4 is 22.1 Å². The van der Waals surface area contributed by atoms with Crippen LogP contribution in [-0.4, -0.2) is 34.1 Å². The lowest BCUT2D eigenvalue weighted by molar-refractivity contribution is 0.0997. The molecule has 1 amide bonds. The van der Waals surface area contributed by atoms with Crippen LogP contribution in [0.25, 0.3) is 0 Å². The summed E-state index contributed by atoms with van der Waals surface area (Å²) in [7, 11) is 0. The summed E-state index contributed by atoms with van der Waals surface area (Å²) < 4.78 is 0. The molecule has 1 aromatic heterocycles. The standard InChI is InChI=1S/C14H18N6O2/c1-8-3-2-4-9(7-8)18-12-10(11(16)21)13(22)20-14(19-12)17-6-5-15/h2-4,7H,5-6,15H2,1H3,(H2,16,21)(H3,17,18,19,20,22). The maximum absolute atomic E-state index is 11.5. The Balaban J connectivity index is 2.41. The van der Waals surface area contributed by atoms with Crippen LogP contribution in [0.2, 0.25) is 0 Å². The van der Waals surface area contributed by atoms with Crippen molar-refractivity contribution in [1.82, 2.24) is 9.97 Å². The van der Waals surface area contributed by atoms with E-state index >= 15 is 0 Å². The first-order chi connectivity index (χ1) is 10.5. The number of anilines is 3. The molecule has 2 aromatic rings.